The summed E-state index contributed by atoms with van der Waals surface area (Å²) in [7, 11) is 3.83. The van der Waals surface area contributed by atoms with Crippen LogP contribution >= 0.6 is 0 Å². The van der Waals surface area contributed by atoms with Gasteiger partial charge in [-0.2, -0.15) is 0 Å². The molecule has 0 bridgehead atoms. The topological polar surface area (TPSA) is 32.7 Å². The van der Waals surface area contributed by atoms with Gasteiger partial charge in [0, 0.05) is 6.54 Å². The van der Waals surface area contributed by atoms with Crippen molar-refractivity contribution >= 4 is 0 Å². The van der Waals surface area contributed by atoms with Crippen molar-refractivity contribution < 1.29 is 9.84 Å². The maximum atomic E-state index is 9.51. The van der Waals surface area contributed by atoms with E-state index in [0.29, 0.717) is 13.2 Å². The summed E-state index contributed by atoms with van der Waals surface area (Å²) >= 11 is 0. The molecule has 0 aromatic heterocycles. The highest BCUT2D eigenvalue weighted by atomic mass is 16.5. The number of hydrogen-bond donors (Lipinski definition) is 1. The normalized spacial score (nSPS) is 12.9. The largest absolute Gasteiger partial charge is 0.491 e. The van der Waals surface area contributed by atoms with E-state index < -0.39 is 6.10 Å². The van der Waals surface area contributed by atoms with Gasteiger partial charge in [-0.1, -0.05) is 12.1 Å². The first-order valence-electron chi connectivity index (χ1n) is 4.60. The molecule has 0 aliphatic rings. The number of aliphatic hydroxyl groups excluding tert-OH is 1. The Labute approximate surface area is 84.9 Å². The third-order valence-corrected chi connectivity index (χ3v) is 1.71. The van der Waals surface area contributed by atoms with Gasteiger partial charge in [0.15, 0.2) is 0 Å². The van der Waals surface area contributed by atoms with Crippen molar-refractivity contribution in [1.82, 2.24) is 4.90 Å². The Morgan fingerprint density at radius 1 is 1.43 bits per heavy atom. The Hall–Kier alpha value is -1.06. The minimum atomic E-state index is -0.450. The Kier molecular flexibility index (Phi) is 4.43. The Bertz CT molecular complexity index is 249. The molecule has 0 heterocycles. The predicted molar refractivity (Wildman–Crippen MR) is 55.3 cm³/mol. The van der Waals surface area contributed by atoms with Gasteiger partial charge in [-0.3, -0.25) is 0 Å². The maximum Gasteiger partial charge on any atom is 0.119 e. The third kappa shape index (κ3) is 4.25. The van der Waals surface area contributed by atoms with Crippen molar-refractivity contribution in [3.05, 3.63) is 30.3 Å². The van der Waals surface area contributed by atoms with Crippen LogP contribution in [0.3, 0.4) is 0 Å². The van der Waals surface area contributed by atoms with E-state index >= 15 is 0 Å². The zero-order chi connectivity index (χ0) is 10.4. The summed E-state index contributed by atoms with van der Waals surface area (Å²) in [6, 6.07) is 10.1. The Balaban J connectivity index is 2.27. The molecule has 14 heavy (non-hydrogen) atoms. The van der Waals surface area contributed by atoms with Crippen LogP contribution < -0.4 is 4.74 Å². The summed E-state index contributed by atoms with van der Waals surface area (Å²) in [6.45, 7) is 0.932. The number of aliphatic hydroxyl groups is 1. The molecule has 0 fully saturated rings. The summed E-state index contributed by atoms with van der Waals surface area (Å²) in [6.07, 6.45) is -0.450. The molecule has 0 saturated carbocycles. The molecule has 1 unspecified atom stereocenters. The van der Waals surface area contributed by atoms with Gasteiger partial charge in [0.25, 0.3) is 0 Å². The summed E-state index contributed by atoms with van der Waals surface area (Å²) in [5.41, 5.74) is 0. The highest BCUT2D eigenvalue weighted by Crippen LogP contribution is 2.08. The summed E-state index contributed by atoms with van der Waals surface area (Å²) < 4.78 is 5.37. The van der Waals surface area contributed by atoms with Gasteiger partial charge in [-0.15, -0.1) is 0 Å². The van der Waals surface area contributed by atoms with Crippen molar-refractivity contribution in [2.45, 2.75) is 6.10 Å². The Morgan fingerprint density at radius 2 is 2.07 bits per heavy atom. The van der Waals surface area contributed by atoms with Crippen LogP contribution in [0.25, 0.3) is 0 Å². The quantitative estimate of drug-likeness (QED) is 0.752. The first-order valence-corrected chi connectivity index (χ1v) is 4.60. The molecule has 1 aromatic carbocycles. The smallest absolute Gasteiger partial charge is 0.119 e. The highest BCUT2D eigenvalue weighted by molar-refractivity contribution is 5.20. The van der Waals surface area contributed by atoms with Gasteiger partial charge in [-0.05, 0) is 32.3 Å². The molecule has 1 aromatic rings. The summed E-state index contributed by atoms with van der Waals surface area (Å²) in [4.78, 5) is 1.92. The van der Waals surface area contributed by atoms with Crippen LogP contribution in [0.2, 0.25) is 0 Å². The van der Waals surface area contributed by atoms with E-state index in [4.69, 9.17) is 4.74 Å². The SMILES string of the molecule is CN(C)CC(O)COc1cc[c]cc1. The first-order chi connectivity index (χ1) is 6.68. The van der Waals surface area contributed by atoms with Crippen molar-refractivity contribution in [1.29, 1.82) is 0 Å². The number of rotatable bonds is 5. The van der Waals surface area contributed by atoms with Gasteiger partial charge in [0.1, 0.15) is 18.5 Å². The molecule has 3 nitrogen and oxygen atoms in total. The minimum Gasteiger partial charge on any atom is -0.491 e. The Morgan fingerprint density at radius 3 is 2.64 bits per heavy atom. The van der Waals surface area contributed by atoms with E-state index in [1.807, 2.05) is 31.1 Å². The monoisotopic (exact) mass is 194 g/mol. The van der Waals surface area contributed by atoms with Crippen LogP contribution in [0.15, 0.2) is 24.3 Å². The molecule has 3 heteroatoms. The van der Waals surface area contributed by atoms with Crippen LogP contribution in [-0.4, -0.2) is 43.4 Å². The molecule has 1 radical (unpaired) electrons. The van der Waals surface area contributed by atoms with Gasteiger partial charge >= 0.3 is 0 Å². The lowest BCUT2D eigenvalue weighted by Crippen LogP contribution is -2.30. The van der Waals surface area contributed by atoms with Gasteiger partial charge in [0.2, 0.25) is 0 Å². The number of ether oxygens (including phenoxy) is 1. The molecule has 0 amide bonds. The first kappa shape index (κ1) is 11.0. The molecule has 0 aliphatic heterocycles. The summed E-state index contributed by atoms with van der Waals surface area (Å²) in [5, 5.41) is 9.51. The standard InChI is InChI=1S/C11H16NO2/c1-12(2)8-10(13)9-14-11-6-4-3-5-7-11/h4-7,10,13H,8-9H2,1-2H3. The van der Waals surface area contributed by atoms with E-state index in [1.165, 1.54) is 0 Å². The van der Waals surface area contributed by atoms with Crippen LogP contribution in [0.5, 0.6) is 5.75 Å². The second kappa shape index (κ2) is 5.62. The molecule has 77 valence electrons. The molecule has 0 aliphatic carbocycles. The molecule has 1 atom stereocenters. The van der Waals surface area contributed by atoms with Crippen molar-refractivity contribution in [3.63, 3.8) is 0 Å². The average molecular weight is 194 g/mol. The second-order valence-electron chi connectivity index (χ2n) is 3.46. The van der Waals surface area contributed by atoms with Gasteiger partial charge in [0.05, 0.1) is 0 Å². The minimum absolute atomic E-state index is 0.322. The third-order valence-electron chi connectivity index (χ3n) is 1.71. The molecule has 1 rings (SSSR count). The maximum absolute atomic E-state index is 9.51. The number of benzene rings is 1. The molecular formula is C11H16NO2. The molecule has 1 N–H and O–H groups in total. The van der Waals surface area contributed by atoms with Crippen molar-refractivity contribution in [2.75, 3.05) is 27.2 Å². The number of nitrogens with zero attached hydrogens (tertiary/aromatic N) is 1. The van der Waals surface area contributed by atoms with E-state index in [0.717, 1.165) is 5.75 Å². The fourth-order valence-electron chi connectivity index (χ4n) is 1.13. The second-order valence-corrected chi connectivity index (χ2v) is 3.46. The predicted octanol–water partition coefficient (Wildman–Crippen LogP) is 0.788. The number of hydrogen-bond acceptors (Lipinski definition) is 3. The van der Waals surface area contributed by atoms with E-state index in [1.54, 1.807) is 12.1 Å². The zero-order valence-corrected chi connectivity index (χ0v) is 8.60. The molecule has 0 saturated heterocycles. The molecule has 0 spiro atoms. The highest BCUT2D eigenvalue weighted by Gasteiger charge is 2.05. The van der Waals surface area contributed by atoms with Crippen molar-refractivity contribution in [2.24, 2.45) is 0 Å². The molecular weight excluding hydrogens is 178 g/mol. The average Bonchev–Trinajstić information content (AvgIpc) is 2.15. The van der Waals surface area contributed by atoms with E-state index in [2.05, 4.69) is 6.07 Å². The van der Waals surface area contributed by atoms with Gasteiger partial charge in [-0.25, -0.2) is 0 Å². The summed E-state index contributed by atoms with van der Waals surface area (Å²) in [5.74, 6) is 0.765. The van der Waals surface area contributed by atoms with Crippen LogP contribution in [0.1, 0.15) is 0 Å². The van der Waals surface area contributed by atoms with Crippen molar-refractivity contribution in [3.8, 4) is 5.75 Å². The lowest BCUT2D eigenvalue weighted by molar-refractivity contribution is 0.0831. The lowest BCUT2D eigenvalue weighted by atomic mass is 10.3. The van der Waals surface area contributed by atoms with Crippen LogP contribution in [-0.2, 0) is 0 Å². The zero-order valence-electron chi connectivity index (χ0n) is 8.60. The fourth-order valence-corrected chi connectivity index (χ4v) is 1.13. The lowest BCUT2D eigenvalue weighted by Gasteiger charge is -2.16. The fraction of sp³-hybridized carbons (Fsp3) is 0.455. The van der Waals surface area contributed by atoms with E-state index in [-0.39, 0.29) is 0 Å². The van der Waals surface area contributed by atoms with Gasteiger partial charge < -0.3 is 14.7 Å². The van der Waals surface area contributed by atoms with Crippen LogP contribution in [0, 0.1) is 6.07 Å². The van der Waals surface area contributed by atoms with E-state index in [9.17, 15) is 5.11 Å². The van der Waals surface area contributed by atoms with Crippen LogP contribution in [0.4, 0.5) is 0 Å². The number of likely N-dealkylation sites (N-methyl/N-ethyl adjacent to an activating group) is 1.